The Balaban J connectivity index is 2.68. The molecule has 0 spiro atoms. The van der Waals surface area contributed by atoms with E-state index in [0.29, 0.717) is 11.8 Å². The van der Waals surface area contributed by atoms with Gasteiger partial charge in [-0.25, -0.2) is 0 Å². The maximum atomic E-state index is 11.4. The van der Waals surface area contributed by atoms with Crippen LogP contribution in [0.25, 0.3) is 0 Å². The monoisotopic (exact) mass is 248 g/mol. The van der Waals surface area contributed by atoms with Crippen molar-refractivity contribution in [1.29, 1.82) is 0 Å². The van der Waals surface area contributed by atoms with Gasteiger partial charge in [-0.05, 0) is 18.8 Å². The number of carbonyl (C=O) groups is 1. The third-order valence-corrected chi connectivity index (χ3v) is 3.13. The number of nitrogens with one attached hydrogen (secondary N) is 1. The van der Waals surface area contributed by atoms with E-state index in [4.69, 9.17) is 4.74 Å². The molecular weight excluding hydrogens is 228 g/mol. The molecule has 4 heteroatoms. The van der Waals surface area contributed by atoms with E-state index in [9.17, 15) is 4.79 Å². The van der Waals surface area contributed by atoms with Crippen LogP contribution in [0.4, 0.5) is 5.69 Å². The quantitative estimate of drug-likeness (QED) is 0.875. The molecule has 0 bridgehead atoms. The maximum absolute atomic E-state index is 11.4. The average Bonchev–Trinajstić information content (AvgIpc) is 2.28. The number of hydrogen-bond acceptors (Lipinski definition) is 3. The summed E-state index contributed by atoms with van der Waals surface area (Å²) in [4.78, 5) is 16.1. The Morgan fingerprint density at radius 2 is 1.89 bits per heavy atom. The minimum Gasteiger partial charge on any atom is -0.481 e. The predicted molar refractivity (Wildman–Crippen MR) is 71.3 cm³/mol. The Hall–Kier alpha value is -1.58. The van der Waals surface area contributed by atoms with Crippen LogP contribution < -0.4 is 10.1 Å². The van der Waals surface area contributed by atoms with Gasteiger partial charge in [-0.15, -0.1) is 0 Å². The number of rotatable bonds is 2. The first kappa shape index (κ1) is 12.9. The van der Waals surface area contributed by atoms with Gasteiger partial charge in [0.1, 0.15) is 5.69 Å². The van der Waals surface area contributed by atoms with Crippen molar-refractivity contribution >= 4 is 11.6 Å². The number of amides is 1. The number of nitrogens with zero attached hydrogens (tertiary/aromatic N) is 1. The molecule has 1 aromatic heterocycles. The second-order valence-electron chi connectivity index (χ2n) is 5.35. The number of pyridine rings is 1. The molecule has 1 aromatic rings. The third-order valence-electron chi connectivity index (χ3n) is 3.13. The van der Waals surface area contributed by atoms with Crippen molar-refractivity contribution in [2.45, 2.75) is 46.5 Å². The molecule has 2 rings (SSSR count). The molecule has 1 amide bonds. The van der Waals surface area contributed by atoms with Crippen molar-refractivity contribution in [2.24, 2.45) is 0 Å². The minimum atomic E-state index is -0.112. The Labute approximate surface area is 108 Å². The van der Waals surface area contributed by atoms with Gasteiger partial charge in [0, 0.05) is 5.56 Å². The predicted octanol–water partition coefficient (Wildman–Crippen LogP) is 2.97. The van der Waals surface area contributed by atoms with Crippen molar-refractivity contribution < 1.29 is 9.53 Å². The smallest absolute Gasteiger partial charge is 0.262 e. The van der Waals surface area contributed by atoms with Gasteiger partial charge in [0.25, 0.3) is 5.91 Å². The van der Waals surface area contributed by atoms with Gasteiger partial charge < -0.3 is 10.1 Å². The first-order valence-electron chi connectivity index (χ1n) is 6.38. The fourth-order valence-corrected chi connectivity index (χ4v) is 2.32. The lowest BCUT2D eigenvalue weighted by atomic mass is 9.93. The number of anilines is 1. The van der Waals surface area contributed by atoms with Crippen molar-refractivity contribution in [3.05, 3.63) is 17.0 Å². The molecule has 1 N–H and O–H groups in total. The molecule has 0 aromatic carbocycles. The summed E-state index contributed by atoms with van der Waals surface area (Å²) in [5.74, 6) is 1.35. The highest BCUT2D eigenvalue weighted by atomic mass is 16.5. The summed E-state index contributed by atoms with van der Waals surface area (Å²) >= 11 is 0. The van der Waals surface area contributed by atoms with E-state index in [-0.39, 0.29) is 12.5 Å². The molecule has 4 nitrogen and oxygen atoms in total. The van der Waals surface area contributed by atoms with Gasteiger partial charge in [0.15, 0.2) is 12.4 Å². The SMILES string of the molecule is Cc1nc(C(C)C)c(C(C)C)c2c1NC(=O)CO2. The Morgan fingerprint density at radius 3 is 2.44 bits per heavy atom. The van der Waals surface area contributed by atoms with E-state index in [1.807, 2.05) is 6.92 Å². The van der Waals surface area contributed by atoms with E-state index in [2.05, 4.69) is 38.0 Å². The summed E-state index contributed by atoms with van der Waals surface area (Å²) in [5, 5.41) is 2.86. The van der Waals surface area contributed by atoms with Gasteiger partial charge in [0.05, 0.1) is 11.4 Å². The van der Waals surface area contributed by atoms with Crippen molar-refractivity contribution in [2.75, 3.05) is 11.9 Å². The zero-order chi connectivity index (χ0) is 13.4. The van der Waals surface area contributed by atoms with Crippen molar-refractivity contribution in [3.8, 4) is 5.75 Å². The minimum absolute atomic E-state index is 0.0910. The van der Waals surface area contributed by atoms with Crippen molar-refractivity contribution in [1.82, 2.24) is 4.98 Å². The van der Waals surface area contributed by atoms with Gasteiger partial charge in [-0.2, -0.15) is 0 Å². The summed E-state index contributed by atoms with van der Waals surface area (Å²) in [6, 6.07) is 0. The highest BCUT2D eigenvalue weighted by molar-refractivity contribution is 5.96. The highest BCUT2D eigenvalue weighted by Crippen LogP contribution is 2.41. The second kappa shape index (κ2) is 4.59. The standard InChI is InChI=1S/C14H20N2O2/c1-7(2)11-12(8(3)4)15-9(5)13-14(11)18-6-10(17)16-13/h7-8H,6H2,1-5H3,(H,16,17). The summed E-state index contributed by atoms with van der Waals surface area (Å²) in [5.41, 5.74) is 3.74. The zero-order valence-electron chi connectivity index (χ0n) is 11.6. The molecule has 0 fully saturated rings. The normalized spacial score (nSPS) is 14.5. The van der Waals surface area contributed by atoms with Crippen LogP contribution in [-0.4, -0.2) is 17.5 Å². The lowest BCUT2D eigenvalue weighted by Crippen LogP contribution is -2.28. The van der Waals surface area contributed by atoms with Crippen LogP contribution in [0.1, 0.15) is 56.5 Å². The number of hydrogen-bond donors (Lipinski definition) is 1. The molecular formula is C14H20N2O2. The zero-order valence-corrected chi connectivity index (χ0v) is 11.6. The maximum Gasteiger partial charge on any atom is 0.262 e. The molecule has 18 heavy (non-hydrogen) atoms. The van der Waals surface area contributed by atoms with E-state index in [1.165, 1.54) is 0 Å². The van der Waals surface area contributed by atoms with Crippen LogP contribution in [0.2, 0.25) is 0 Å². The highest BCUT2D eigenvalue weighted by Gasteiger charge is 2.27. The Morgan fingerprint density at radius 1 is 1.22 bits per heavy atom. The molecule has 0 saturated heterocycles. The van der Waals surface area contributed by atoms with Crippen LogP contribution in [0.5, 0.6) is 5.75 Å². The summed E-state index contributed by atoms with van der Waals surface area (Å²) in [6.07, 6.45) is 0. The van der Waals surface area contributed by atoms with E-state index in [0.717, 1.165) is 28.4 Å². The summed E-state index contributed by atoms with van der Waals surface area (Å²) in [6.45, 7) is 10.5. The number of aryl methyl sites for hydroxylation is 1. The Bertz CT molecular complexity index is 493. The molecule has 0 aliphatic carbocycles. The molecule has 2 heterocycles. The van der Waals surface area contributed by atoms with E-state index >= 15 is 0 Å². The van der Waals surface area contributed by atoms with Gasteiger partial charge >= 0.3 is 0 Å². The number of ether oxygens (including phenoxy) is 1. The van der Waals surface area contributed by atoms with Crippen LogP contribution in [0.15, 0.2) is 0 Å². The van der Waals surface area contributed by atoms with E-state index in [1.54, 1.807) is 0 Å². The largest absolute Gasteiger partial charge is 0.481 e. The van der Waals surface area contributed by atoms with E-state index < -0.39 is 0 Å². The Kier molecular flexibility index (Phi) is 3.28. The molecule has 0 saturated carbocycles. The molecule has 0 atom stereocenters. The molecule has 1 aliphatic heterocycles. The third kappa shape index (κ3) is 2.07. The van der Waals surface area contributed by atoms with Crippen molar-refractivity contribution in [3.63, 3.8) is 0 Å². The molecule has 1 aliphatic rings. The lowest BCUT2D eigenvalue weighted by molar-refractivity contribution is -0.118. The van der Waals surface area contributed by atoms with Gasteiger partial charge in [-0.3, -0.25) is 9.78 Å². The van der Waals surface area contributed by atoms with Crippen LogP contribution >= 0.6 is 0 Å². The van der Waals surface area contributed by atoms with Crippen LogP contribution in [0, 0.1) is 6.92 Å². The van der Waals surface area contributed by atoms with Gasteiger partial charge in [-0.1, -0.05) is 27.7 Å². The topological polar surface area (TPSA) is 51.2 Å². The molecule has 0 radical (unpaired) electrons. The first-order valence-corrected chi connectivity index (χ1v) is 6.38. The number of fused-ring (bicyclic) bond motifs is 1. The van der Waals surface area contributed by atoms with Crippen LogP contribution in [-0.2, 0) is 4.79 Å². The molecule has 98 valence electrons. The van der Waals surface area contributed by atoms with Crippen LogP contribution in [0.3, 0.4) is 0 Å². The first-order chi connectivity index (χ1) is 8.41. The lowest BCUT2D eigenvalue weighted by Gasteiger charge is -2.26. The van der Waals surface area contributed by atoms with Gasteiger partial charge in [0.2, 0.25) is 0 Å². The second-order valence-corrected chi connectivity index (χ2v) is 5.35. The molecule has 0 unspecified atom stereocenters. The fourth-order valence-electron chi connectivity index (χ4n) is 2.32. The average molecular weight is 248 g/mol. The summed E-state index contributed by atoms with van der Waals surface area (Å²) in [7, 11) is 0. The fraction of sp³-hybridized carbons (Fsp3) is 0.571. The number of aromatic nitrogens is 1. The summed E-state index contributed by atoms with van der Waals surface area (Å²) < 4.78 is 5.65. The number of carbonyl (C=O) groups excluding carboxylic acids is 1.